The Morgan fingerprint density at radius 1 is 1.10 bits per heavy atom. The van der Waals surface area contributed by atoms with Gasteiger partial charge in [0.05, 0.1) is 38.8 Å². The van der Waals surface area contributed by atoms with Crippen molar-refractivity contribution in [2.75, 3.05) is 38.2 Å². The van der Waals surface area contributed by atoms with Crippen molar-refractivity contribution in [3.63, 3.8) is 0 Å². The molecule has 0 aliphatic carbocycles. The lowest BCUT2D eigenvalue weighted by Gasteiger charge is -2.44. The molecule has 41 heavy (non-hydrogen) atoms. The third-order valence-corrected chi connectivity index (χ3v) is 10.5. The first-order valence-electron chi connectivity index (χ1n) is 13.7. The van der Waals surface area contributed by atoms with Gasteiger partial charge in [-0.2, -0.15) is 4.37 Å². The maximum atomic E-state index is 14.2. The molecule has 1 unspecified atom stereocenters. The lowest BCUT2D eigenvalue weighted by atomic mass is 9.89. The van der Waals surface area contributed by atoms with Crippen LogP contribution in [0.25, 0.3) is 0 Å². The van der Waals surface area contributed by atoms with Gasteiger partial charge < -0.3 is 14.2 Å². The maximum absolute atomic E-state index is 14.2. The summed E-state index contributed by atoms with van der Waals surface area (Å²) in [6, 6.07) is 11.1. The highest BCUT2D eigenvalue weighted by Gasteiger charge is 2.36. The molecule has 1 saturated heterocycles. The van der Waals surface area contributed by atoms with Crippen molar-refractivity contribution < 1.29 is 22.6 Å². The minimum Gasteiger partial charge on any atom is -0.497 e. The van der Waals surface area contributed by atoms with Crippen LogP contribution >= 0.6 is 11.5 Å². The molecule has 0 amide bonds. The van der Waals surface area contributed by atoms with E-state index in [1.807, 2.05) is 12.3 Å². The number of ether oxygens (including phenoxy) is 3. The molecule has 6 rings (SSSR count). The number of aliphatic imine (C=N–C) groups is 1. The molecule has 10 nitrogen and oxygen atoms in total. The number of rotatable bonds is 9. The van der Waals surface area contributed by atoms with Crippen molar-refractivity contribution in [3.05, 3.63) is 65.5 Å². The summed E-state index contributed by atoms with van der Waals surface area (Å²) in [7, 11) is -0.913. The molecule has 3 aliphatic rings. The van der Waals surface area contributed by atoms with E-state index in [9.17, 15) is 8.42 Å². The molecule has 216 valence electrons. The van der Waals surface area contributed by atoms with E-state index in [-0.39, 0.29) is 22.6 Å². The average molecular weight is 596 g/mol. The number of allylic oxidation sites excluding steroid dienone is 1. The number of aromatic nitrogens is 2. The lowest BCUT2D eigenvalue weighted by molar-refractivity contribution is 0.0831. The van der Waals surface area contributed by atoms with E-state index in [0.717, 1.165) is 49.4 Å². The van der Waals surface area contributed by atoms with E-state index in [1.165, 1.54) is 22.6 Å². The summed E-state index contributed by atoms with van der Waals surface area (Å²) >= 11 is 1.02. The Bertz CT molecular complexity index is 1560. The van der Waals surface area contributed by atoms with Gasteiger partial charge in [-0.15, -0.1) is 0 Å². The number of sulfonamides is 1. The second-order valence-corrected chi connectivity index (χ2v) is 12.9. The monoisotopic (exact) mass is 595 g/mol. The van der Waals surface area contributed by atoms with Crippen molar-refractivity contribution in [2.24, 2.45) is 4.99 Å². The second kappa shape index (κ2) is 11.8. The molecule has 3 aromatic rings. The standard InChI is InChI=1S/C29H33N5O5S2/c1-37-22-7-6-21(27(15-22)38-2)18-34(29-31-19-32-40-29)41(35,36)23-8-9-24-26(11-14-39-28(24)16-23)33-13-4-3-5-25(33)20-10-12-30-17-20/h6-10,12,15-16,19,25-26H,3-5,11,13-14,17-18H2,1-2H3/t25?,26-/m0/s1. The Hall–Kier alpha value is -3.48. The molecule has 0 radical (unpaired) electrons. The average Bonchev–Trinajstić information content (AvgIpc) is 3.74. The van der Waals surface area contributed by atoms with Crippen molar-refractivity contribution in [3.8, 4) is 17.2 Å². The van der Waals surface area contributed by atoms with Gasteiger partial charge in [0.1, 0.15) is 23.6 Å². The number of hydrogen-bond donors (Lipinski definition) is 0. The largest absolute Gasteiger partial charge is 0.497 e. The number of methoxy groups -OCH3 is 2. The van der Waals surface area contributed by atoms with Gasteiger partial charge in [0.15, 0.2) is 0 Å². The zero-order valence-corrected chi connectivity index (χ0v) is 24.7. The van der Waals surface area contributed by atoms with E-state index in [4.69, 9.17) is 14.2 Å². The van der Waals surface area contributed by atoms with Crippen LogP contribution in [0, 0.1) is 0 Å². The lowest BCUT2D eigenvalue weighted by Crippen LogP contribution is -2.44. The second-order valence-electron chi connectivity index (χ2n) is 10.2. The number of piperidine rings is 1. The summed E-state index contributed by atoms with van der Waals surface area (Å²) in [6.07, 6.45) is 9.73. The fraction of sp³-hybridized carbons (Fsp3) is 0.414. The molecule has 4 heterocycles. The zero-order valence-electron chi connectivity index (χ0n) is 23.1. The quantitative estimate of drug-likeness (QED) is 0.352. The van der Waals surface area contributed by atoms with Crippen molar-refractivity contribution >= 4 is 32.9 Å². The summed E-state index contributed by atoms with van der Waals surface area (Å²) in [4.78, 5) is 11.4. The molecule has 1 fully saturated rings. The SMILES string of the molecule is COc1ccc(CN(c2ncns2)S(=O)(=O)c2ccc3c(c2)OCC[C@@H]3N2CCCCC2C2=CC=NC2)c(OC)c1. The van der Waals surface area contributed by atoms with Gasteiger partial charge >= 0.3 is 0 Å². The minimum atomic E-state index is -4.03. The first-order valence-corrected chi connectivity index (χ1v) is 15.9. The van der Waals surface area contributed by atoms with E-state index in [2.05, 4.69) is 25.3 Å². The topological polar surface area (TPSA) is 106 Å². The summed E-state index contributed by atoms with van der Waals surface area (Å²) in [5.74, 6) is 1.75. The molecular weight excluding hydrogens is 562 g/mol. The number of fused-ring (bicyclic) bond motifs is 1. The summed E-state index contributed by atoms with van der Waals surface area (Å²) in [6.45, 7) is 2.30. The molecule has 0 bridgehead atoms. The fourth-order valence-corrected chi connectivity index (χ4v) is 8.10. The van der Waals surface area contributed by atoms with E-state index < -0.39 is 10.0 Å². The number of benzene rings is 2. The molecule has 2 atom stereocenters. The molecule has 0 N–H and O–H groups in total. The van der Waals surface area contributed by atoms with Gasteiger partial charge in [-0.05, 0) is 49.2 Å². The maximum Gasteiger partial charge on any atom is 0.266 e. The van der Waals surface area contributed by atoms with Crippen molar-refractivity contribution in [1.82, 2.24) is 14.3 Å². The zero-order chi connectivity index (χ0) is 28.4. The Morgan fingerprint density at radius 3 is 2.76 bits per heavy atom. The van der Waals surface area contributed by atoms with Crippen LogP contribution in [0.1, 0.15) is 42.9 Å². The Morgan fingerprint density at radius 2 is 2.00 bits per heavy atom. The molecule has 0 spiro atoms. The van der Waals surface area contributed by atoms with Crippen LogP contribution < -0.4 is 18.5 Å². The highest BCUT2D eigenvalue weighted by Crippen LogP contribution is 2.42. The number of likely N-dealkylation sites (tertiary alicyclic amines) is 1. The molecular formula is C29H33N5O5S2. The Balaban J connectivity index is 1.33. The first-order chi connectivity index (χ1) is 20.0. The molecule has 0 saturated carbocycles. The van der Waals surface area contributed by atoms with E-state index in [1.54, 1.807) is 44.6 Å². The summed E-state index contributed by atoms with van der Waals surface area (Å²) in [5, 5.41) is 0.266. The number of anilines is 1. The van der Waals surface area contributed by atoms with Crippen LogP contribution in [0.5, 0.6) is 17.2 Å². The predicted octanol–water partition coefficient (Wildman–Crippen LogP) is 4.64. The van der Waals surface area contributed by atoms with Gasteiger partial charge in [0.25, 0.3) is 10.0 Å². The van der Waals surface area contributed by atoms with Crippen LogP contribution in [-0.2, 0) is 16.6 Å². The Kier molecular flexibility index (Phi) is 7.96. The van der Waals surface area contributed by atoms with Crippen LogP contribution in [0.3, 0.4) is 0 Å². The number of nitrogens with zero attached hydrogens (tertiary/aromatic N) is 5. The normalized spacial score (nSPS) is 20.7. The van der Waals surface area contributed by atoms with Gasteiger partial charge in [0.2, 0.25) is 5.13 Å². The highest BCUT2D eigenvalue weighted by molar-refractivity contribution is 7.93. The fourth-order valence-electron chi connectivity index (χ4n) is 5.95. The molecule has 3 aliphatic heterocycles. The van der Waals surface area contributed by atoms with Crippen LogP contribution in [0.4, 0.5) is 5.13 Å². The smallest absolute Gasteiger partial charge is 0.266 e. The summed E-state index contributed by atoms with van der Waals surface area (Å²) < 4.78 is 50.6. The first kappa shape index (κ1) is 27.7. The predicted molar refractivity (Wildman–Crippen MR) is 158 cm³/mol. The molecule has 12 heteroatoms. The van der Waals surface area contributed by atoms with Gasteiger partial charge in [-0.25, -0.2) is 17.7 Å². The van der Waals surface area contributed by atoms with Gasteiger partial charge in [-0.1, -0.05) is 12.5 Å². The third kappa shape index (κ3) is 5.43. The Labute approximate surface area is 244 Å². The number of hydrogen-bond acceptors (Lipinski definition) is 10. The van der Waals surface area contributed by atoms with Crippen LogP contribution in [0.15, 0.2) is 64.3 Å². The van der Waals surface area contributed by atoms with E-state index >= 15 is 0 Å². The van der Waals surface area contributed by atoms with Gasteiger partial charge in [-0.3, -0.25) is 9.89 Å². The third-order valence-electron chi connectivity index (χ3n) is 7.99. The minimum absolute atomic E-state index is 0.0118. The van der Waals surface area contributed by atoms with Crippen molar-refractivity contribution in [2.45, 2.75) is 49.2 Å². The van der Waals surface area contributed by atoms with Crippen LogP contribution in [0.2, 0.25) is 0 Å². The van der Waals surface area contributed by atoms with Crippen LogP contribution in [-0.4, -0.2) is 68.8 Å². The van der Waals surface area contributed by atoms with Gasteiger partial charge in [0, 0.05) is 59.5 Å². The van der Waals surface area contributed by atoms with E-state index in [0.29, 0.717) is 35.5 Å². The molecule has 1 aromatic heterocycles. The highest BCUT2D eigenvalue weighted by atomic mass is 32.2. The van der Waals surface area contributed by atoms with Crippen molar-refractivity contribution in [1.29, 1.82) is 0 Å². The summed E-state index contributed by atoms with van der Waals surface area (Å²) in [5.41, 5.74) is 3.06. The molecule has 2 aromatic carbocycles.